The molecule has 1 amide bonds. The lowest BCUT2D eigenvalue weighted by atomic mass is 10.1. The molecule has 0 fully saturated rings. The number of hydrogen-bond acceptors (Lipinski definition) is 2. The topological polar surface area (TPSA) is 38.3 Å². The molecule has 1 rings (SSSR count). The highest BCUT2D eigenvalue weighted by molar-refractivity contribution is 5.91. The van der Waals surface area contributed by atoms with Crippen LogP contribution in [0.2, 0.25) is 0 Å². The first-order valence-electron chi connectivity index (χ1n) is 7.64. The van der Waals surface area contributed by atoms with Crippen molar-refractivity contribution in [3.05, 3.63) is 41.5 Å². The van der Waals surface area contributed by atoms with E-state index in [4.69, 9.17) is 4.74 Å². The minimum absolute atomic E-state index is 0.279. The first kappa shape index (κ1) is 19.2. The molecule has 0 aliphatic carbocycles. The van der Waals surface area contributed by atoms with Crippen LogP contribution >= 0.6 is 0 Å². The maximum Gasteiger partial charge on any atom is 0.416 e. The highest BCUT2D eigenvalue weighted by Crippen LogP contribution is 2.29. The van der Waals surface area contributed by atoms with Crippen LogP contribution in [0.4, 0.5) is 13.2 Å². The van der Waals surface area contributed by atoms with Gasteiger partial charge in [0.25, 0.3) is 0 Å². The van der Waals surface area contributed by atoms with Crippen molar-refractivity contribution in [2.24, 2.45) is 0 Å². The van der Waals surface area contributed by atoms with Gasteiger partial charge in [0.1, 0.15) is 0 Å². The molecule has 0 spiro atoms. The maximum absolute atomic E-state index is 12.4. The second kappa shape index (κ2) is 10.0. The number of rotatable bonds is 9. The average Bonchev–Trinajstić information content (AvgIpc) is 2.51. The third-order valence-electron chi connectivity index (χ3n) is 3.07. The Morgan fingerprint density at radius 1 is 1.17 bits per heavy atom. The smallest absolute Gasteiger partial charge is 0.381 e. The van der Waals surface area contributed by atoms with E-state index in [2.05, 4.69) is 12.2 Å². The Morgan fingerprint density at radius 2 is 1.83 bits per heavy atom. The summed E-state index contributed by atoms with van der Waals surface area (Å²) < 4.78 is 42.6. The summed E-state index contributed by atoms with van der Waals surface area (Å²) >= 11 is 0. The van der Waals surface area contributed by atoms with Crippen LogP contribution in [0, 0.1) is 0 Å². The summed E-state index contributed by atoms with van der Waals surface area (Å²) in [5.41, 5.74) is -0.168. The fourth-order valence-corrected chi connectivity index (χ4v) is 1.75. The van der Waals surface area contributed by atoms with Gasteiger partial charge in [0.2, 0.25) is 5.91 Å². The zero-order valence-corrected chi connectivity index (χ0v) is 13.2. The molecule has 0 aliphatic heterocycles. The summed E-state index contributed by atoms with van der Waals surface area (Å²) in [5, 5.41) is 2.69. The van der Waals surface area contributed by atoms with E-state index in [0.29, 0.717) is 18.7 Å². The van der Waals surface area contributed by atoms with E-state index in [1.807, 2.05) is 0 Å². The molecule has 0 unspecified atom stereocenters. The van der Waals surface area contributed by atoms with Crippen LogP contribution in [0.15, 0.2) is 30.3 Å². The van der Waals surface area contributed by atoms with E-state index in [9.17, 15) is 18.0 Å². The summed E-state index contributed by atoms with van der Waals surface area (Å²) in [5.74, 6) is -0.279. The largest absolute Gasteiger partial charge is 0.416 e. The van der Waals surface area contributed by atoms with Gasteiger partial charge in [0, 0.05) is 25.8 Å². The zero-order valence-electron chi connectivity index (χ0n) is 13.2. The SMILES string of the molecule is CCCCOCCCNC(=O)/C=C/c1ccc(C(F)(F)F)cc1. The molecule has 23 heavy (non-hydrogen) atoms. The number of halogens is 3. The molecule has 1 N–H and O–H groups in total. The molecule has 128 valence electrons. The molecule has 0 saturated carbocycles. The first-order valence-corrected chi connectivity index (χ1v) is 7.64. The van der Waals surface area contributed by atoms with Gasteiger partial charge in [-0.3, -0.25) is 4.79 Å². The summed E-state index contributed by atoms with van der Waals surface area (Å²) in [6.45, 7) is 3.93. The summed E-state index contributed by atoms with van der Waals surface area (Å²) in [4.78, 5) is 11.6. The third-order valence-corrected chi connectivity index (χ3v) is 3.07. The average molecular weight is 329 g/mol. The summed E-state index contributed by atoms with van der Waals surface area (Å²) in [6, 6.07) is 4.64. The number of carbonyl (C=O) groups excluding carboxylic acids is 1. The second-order valence-corrected chi connectivity index (χ2v) is 5.06. The Balaban J connectivity index is 2.27. The van der Waals surface area contributed by atoms with Crippen LogP contribution in [-0.4, -0.2) is 25.7 Å². The molecule has 1 aromatic carbocycles. The molecule has 0 atom stereocenters. The molecule has 0 radical (unpaired) electrons. The van der Waals surface area contributed by atoms with E-state index in [1.54, 1.807) is 0 Å². The number of benzene rings is 1. The lowest BCUT2D eigenvalue weighted by molar-refractivity contribution is -0.137. The van der Waals surface area contributed by atoms with Gasteiger partial charge in [0.15, 0.2) is 0 Å². The highest BCUT2D eigenvalue weighted by atomic mass is 19.4. The van der Waals surface area contributed by atoms with Gasteiger partial charge in [-0.05, 0) is 36.6 Å². The molecular weight excluding hydrogens is 307 g/mol. The van der Waals surface area contributed by atoms with Crippen molar-refractivity contribution in [1.82, 2.24) is 5.32 Å². The molecule has 3 nitrogen and oxygen atoms in total. The lowest BCUT2D eigenvalue weighted by Crippen LogP contribution is -2.23. The molecule has 0 aromatic heterocycles. The Hall–Kier alpha value is -1.82. The number of unbranched alkanes of at least 4 members (excludes halogenated alkanes) is 1. The zero-order chi connectivity index (χ0) is 17.1. The molecule has 0 heterocycles. The van der Waals surface area contributed by atoms with Gasteiger partial charge < -0.3 is 10.1 Å². The number of hydrogen-bond donors (Lipinski definition) is 1. The van der Waals surface area contributed by atoms with Gasteiger partial charge in [-0.2, -0.15) is 13.2 Å². The number of carbonyl (C=O) groups is 1. The number of ether oxygens (including phenoxy) is 1. The lowest BCUT2D eigenvalue weighted by Gasteiger charge is -2.06. The Kier molecular flexibility index (Phi) is 8.40. The standard InChI is InChI=1S/C17H22F3NO2/c1-2-3-12-23-13-4-11-21-16(22)10-7-14-5-8-15(9-6-14)17(18,19)20/h5-10H,2-4,11-13H2,1H3,(H,21,22)/b10-7+. The molecule has 0 saturated heterocycles. The van der Waals surface area contributed by atoms with Crippen molar-refractivity contribution < 1.29 is 22.7 Å². The Bertz CT molecular complexity index is 496. The van der Waals surface area contributed by atoms with Crippen LogP contribution in [0.1, 0.15) is 37.3 Å². The summed E-state index contributed by atoms with van der Waals surface area (Å²) in [6.07, 6.45) is 1.28. The molecular formula is C17H22F3NO2. The van der Waals surface area contributed by atoms with Crippen LogP contribution < -0.4 is 5.32 Å². The van der Waals surface area contributed by atoms with Gasteiger partial charge >= 0.3 is 6.18 Å². The summed E-state index contributed by atoms with van der Waals surface area (Å²) in [7, 11) is 0. The Morgan fingerprint density at radius 3 is 2.43 bits per heavy atom. The van der Waals surface area contributed by atoms with Crippen LogP contribution in [0.3, 0.4) is 0 Å². The van der Waals surface area contributed by atoms with Gasteiger partial charge in [-0.25, -0.2) is 0 Å². The monoisotopic (exact) mass is 329 g/mol. The normalized spacial score (nSPS) is 11.8. The van der Waals surface area contributed by atoms with Crippen molar-refractivity contribution in [2.75, 3.05) is 19.8 Å². The molecule has 0 aliphatic rings. The minimum atomic E-state index is -4.35. The first-order chi connectivity index (χ1) is 10.9. The van der Waals surface area contributed by atoms with Gasteiger partial charge in [-0.15, -0.1) is 0 Å². The Labute approximate surface area is 134 Å². The minimum Gasteiger partial charge on any atom is -0.381 e. The van der Waals surface area contributed by atoms with E-state index in [-0.39, 0.29) is 5.91 Å². The molecule has 1 aromatic rings. The van der Waals surface area contributed by atoms with Crippen molar-refractivity contribution in [3.63, 3.8) is 0 Å². The number of amides is 1. The van der Waals surface area contributed by atoms with E-state index < -0.39 is 11.7 Å². The highest BCUT2D eigenvalue weighted by Gasteiger charge is 2.29. The van der Waals surface area contributed by atoms with E-state index in [0.717, 1.165) is 38.0 Å². The maximum atomic E-state index is 12.4. The number of alkyl halides is 3. The third kappa shape index (κ3) is 8.40. The van der Waals surface area contributed by atoms with Gasteiger partial charge in [0.05, 0.1) is 5.56 Å². The van der Waals surface area contributed by atoms with E-state index >= 15 is 0 Å². The van der Waals surface area contributed by atoms with Crippen molar-refractivity contribution in [1.29, 1.82) is 0 Å². The van der Waals surface area contributed by atoms with Crippen molar-refractivity contribution >= 4 is 12.0 Å². The quantitative estimate of drug-likeness (QED) is 0.548. The molecule has 6 heteroatoms. The number of nitrogens with one attached hydrogen (secondary N) is 1. The van der Waals surface area contributed by atoms with Gasteiger partial charge in [-0.1, -0.05) is 25.5 Å². The van der Waals surface area contributed by atoms with Crippen LogP contribution in [0.25, 0.3) is 6.08 Å². The van der Waals surface area contributed by atoms with E-state index in [1.165, 1.54) is 24.3 Å². The van der Waals surface area contributed by atoms with Crippen molar-refractivity contribution in [3.8, 4) is 0 Å². The van der Waals surface area contributed by atoms with Crippen molar-refractivity contribution in [2.45, 2.75) is 32.4 Å². The molecule has 0 bridgehead atoms. The van der Waals surface area contributed by atoms with Crippen LogP contribution in [0.5, 0.6) is 0 Å². The second-order valence-electron chi connectivity index (χ2n) is 5.06. The predicted octanol–water partition coefficient (Wildman–Crippen LogP) is 4.04. The fraction of sp³-hybridized carbons (Fsp3) is 0.471. The fourth-order valence-electron chi connectivity index (χ4n) is 1.75. The predicted molar refractivity (Wildman–Crippen MR) is 83.8 cm³/mol. The van der Waals surface area contributed by atoms with Crippen LogP contribution in [-0.2, 0) is 15.7 Å².